The van der Waals surface area contributed by atoms with Crippen molar-refractivity contribution in [1.82, 2.24) is 15.1 Å². The van der Waals surface area contributed by atoms with Gasteiger partial charge in [-0.05, 0) is 117 Å². The highest BCUT2D eigenvalue weighted by Crippen LogP contribution is 2.76. The number of ketones is 1. The first-order valence-electron chi connectivity index (χ1n) is 19.1. The lowest BCUT2D eigenvalue weighted by molar-refractivity contribution is -0.193. The van der Waals surface area contributed by atoms with Gasteiger partial charge in [0.05, 0.1) is 18.8 Å². The highest BCUT2D eigenvalue weighted by molar-refractivity contribution is 6.04. The molecule has 0 aromatic carbocycles. The lowest BCUT2D eigenvalue weighted by Gasteiger charge is -2.71. The van der Waals surface area contributed by atoms with Crippen LogP contribution in [0.2, 0.25) is 0 Å². The van der Waals surface area contributed by atoms with E-state index in [1.165, 1.54) is 12.8 Å². The van der Waals surface area contributed by atoms with Crippen LogP contribution in [0.5, 0.6) is 0 Å². The van der Waals surface area contributed by atoms with Crippen LogP contribution in [0.25, 0.3) is 0 Å². The zero-order valence-electron chi connectivity index (χ0n) is 31.5. The van der Waals surface area contributed by atoms with Gasteiger partial charge in [-0.1, -0.05) is 66.7 Å². The van der Waals surface area contributed by atoms with Gasteiger partial charge in [0.15, 0.2) is 5.78 Å². The normalized spacial score (nSPS) is 43.0. The smallest absolute Gasteiger partial charge is 0.230 e. The average Bonchev–Trinajstić information content (AvgIpc) is 3.01. The van der Waals surface area contributed by atoms with Crippen molar-refractivity contribution in [3.8, 4) is 0 Å². The minimum absolute atomic E-state index is 0.0309. The number of carbonyl (C=O) groups is 2. The van der Waals surface area contributed by atoms with Crippen LogP contribution in [0.15, 0.2) is 24.0 Å². The Morgan fingerprint density at radius 2 is 1.64 bits per heavy atom. The number of hydrogen-bond donors (Lipinski definition) is 1. The molecule has 0 radical (unpaired) electrons. The van der Waals surface area contributed by atoms with Gasteiger partial charge in [-0.25, -0.2) is 0 Å². The zero-order valence-corrected chi connectivity index (χ0v) is 31.5. The van der Waals surface area contributed by atoms with E-state index in [9.17, 15) is 9.59 Å². The van der Waals surface area contributed by atoms with Crippen molar-refractivity contribution >= 4 is 11.7 Å². The lowest BCUT2D eigenvalue weighted by atomic mass is 9.33. The van der Waals surface area contributed by atoms with Crippen molar-refractivity contribution in [3.63, 3.8) is 0 Å². The maximum atomic E-state index is 14.2. The van der Waals surface area contributed by atoms with Gasteiger partial charge in [-0.3, -0.25) is 9.59 Å². The van der Waals surface area contributed by atoms with Gasteiger partial charge in [0.25, 0.3) is 0 Å². The number of amides is 1. The van der Waals surface area contributed by atoms with Crippen molar-refractivity contribution in [2.24, 2.45) is 56.2 Å². The van der Waals surface area contributed by atoms with Crippen molar-refractivity contribution in [1.29, 1.82) is 0 Å². The number of ether oxygens (including phenoxy) is 1. The summed E-state index contributed by atoms with van der Waals surface area (Å²) in [6.07, 6.45) is 13.4. The molecule has 264 valence electrons. The standard InChI is InChI=1S/C41H67N3O3/c1-28(47-10)41-18-16-36(2,3)27-31(41)30-12-13-33-38(6)26-29(35(46)42-20-11-21-44-24-22-43(9)23-25-44)34(45)37(4,5)32(38)14-15-40(33,8)39(30,7)17-19-41/h12,29,31-33H,1,11,13-27H2,2-10H3,(H,42,46)/t29?,31?,32?,33?,38-,39+,40+,41+/m0/s1. The monoisotopic (exact) mass is 650 g/mol. The summed E-state index contributed by atoms with van der Waals surface area (Å²) in [7, 11) is 4.00. The number of piperazine rings is 1. The Morgan fingerprint density at radius 1 is 0.957 bits per heavy atom. The number of Topliss-reactive ketones (excluding diaryl/α,β-unsaturated/α-hetero) is 1. The highest BCUT2D eigenvalue weighted by Gasteiger charge is 2.70. The van der Waals surface area contributed by atoms with Gasteiger partial charge in [-0.2, -0.15) is 0 Å². The molecule has 1 heterocycles. The predicted molar refractivity (Wildman–Crippen MR) is 191 cm³/mol. The molecule has 1 amide bonds. The molecule has 47 heavy (non-hydrogen) atoms. The molecule has 1 aliphatic heterocycles. The Hall–Kier alpha value is -1.66. The van der Waals surface area contributed by atoms with Crippen molar-refractivity contribution in [2.75, 3.05) is 53.4 Å². The van der Waals surface area contributed by atoms with E-state index in [0.29, 0.717) is 36.1 Å². The number of allylic oxidation sites excluding steroid dienone is 3. The quantitative estimate of drug-likeness (QED) is 0.134. The number of nitrogens with zero attached hydrogens (tertiary/aromatic N) is 2. The number of methoxy groups -OCH3 is 1. The van der Waals surface area contributed by atoms with Gasteiger partial charge in [0.2, 0.25) is 5.91 Å². The molecule has 6 nitrogen and oxygen atoms in total. The largest absolute Gasteiger partial charge is 0.501 e. The summed E-state index contributed by atoms with van der Waals surface area (Å²) < 4.78 is 5.99. The van der Waals surface area contributed by atoms with Crippen LogP contribution in [-0.2, 0) is 14.3 Å². The molecule has 5 fully saturated rings. The fraction of sp³-hybridized carbons (Fsp3) is 0.854. The van der Waals surface area contributed by atoms with Gasteiger partial charge in [-0.15, -0.1) is 0 Å². The molecule has 8 atom stereocenters. The SMILES string of the molecule is C=C(OC)[C@]12CCC(C)(C)CC1C1=CCC3[C@@]4(C)CC(C(=O)NCCCN5CCN(C)CC5)C(=O)C(C)(C)C4CC[C@@]3(C)[C@]1(C)CC2. The van der Waals surface area contributed by atoms with Gasteiger partial charge in [0.1, 0.15) is 0 Å². The second-order valence-corrected chi connectivity index (χ2v) is 19.1. The average molecular weight is 650 g/mol. The summed E-state index contributed by atoms with van der Waals surface area (Å²) in [5.41, 5.74) is 1.64. The molecule has 0 spiro atoms. The van der Waals surface area contributed by atoms with E-state index in [4.69, 9.17) is 4.74 Å². The van der Waals surface area contributed by atoms with E-state index < -0.39 is 11.3 Å². The van der Waals surface area contributed by atoms with Crippen LogP contribution in [0, 0.1) is 56.2 Å². The van der Waals surface area contributed by atoms with Gasteiger partial charge in [0, 0.05) is 43.6 Å². The first kappa shape index (κ1) is 35.2. The summed E-state index contributed by atoms with van der Waals surface area (Å²) in [4.78, 5) is 32.9. The topological polar surface area (TPSA) is 61.9 Å². The third kappa shape index (κ3) is 5.40. The van der Waals surface area contributed by atoms with Crippen LogP contribution in [0.1, 0.15) is 113 Å². The third-order valence-corrected chi connectivity index (χ3v) is 16.0. The summed E-state index contributed by atoms with van der Waals surface area (Å²) in [5.74, 6) is 1.78. The molecule has 0 aromatic heterocycles. The Morgan fingerprint density at radius 3 is 2.32 bits per heavy atom. The molecule has 4 saturated carbocycles. The third-order valence-electron chi connectivity index (χ3n) is 16.0. The summed E-state index contributed by atoms with van der Waals surface area (Å²) >= 11 is 0. The van der Waals surface area contributed by atoms with Crippen molar-refractivity contribution in [3.05, 3.63) is 24.0 Å². The van der Waals surface area contributed by atoms with Gasteiger partial charge < -0.3 is 19.9 Å². The second kappa shape index (κ2) is 12.0. The number of carbonyl (C=O) groups excluding carboxylic acids is 2. The maximum absolute atomic E-state index is 14.2. The van der Waals surface area contributed by atoms with Crippen LogP contribution in [-0.4, -0.2) is 74.9 Å². The first-order chi connectivity index (χ1) is 21.9. The van der Waals surface area contributed by atoms with Gasteiger partial charge >= 0.3 is 0 Å². The van der Waals surface area contributed by atoms with Crippen molar-refractivity contribution in [2.45, 2.75) is 113 Å². The fourth-order valence-electron chi connectivity index (χ4n) is 12.9. The molecular formula is C41H67N3O3. The van der Waals surface area contributed by atoms with Crippen LogP contribution < -0.4 is 5.32 Å². The molecule has 0 bridgehead atoms. The molecule has 4 unspecified atom stereocenters. The Labute approximate surface area is 286 Å². The minimum Gasteiger partial charge on any atom is -0.501 e. The predicted octanol–water partition coefficient (Wildman–Crippen LogP) is 7.50. The molecule has 6 heteroatoms. The molecule has 6 rings (SSSR count). The molecule has 1 N–H and O–H groups in total. The zero-order chi connectivity index (χ0) is 34.2. The maximum Gasteiger partial charge on any atom is 0.230 e. The Bertz CT molecular complexity index is 1290. The number of fused-ring (bicyclic) bond motifs is 7. The number of nitrogens with one attached hydrogen (secondary N) is 1. The second-order valence-electron chi connectivity index (χ2n) is 19.1. The molecular weight excluding hydrogens is 582 g/mol. The lowest BCUT2D eigenvalue weighted by Crippen LogP contribution is -2.66. The summed E-state index contributed by atoms with van der Waals surface area (Å²) in [6.45, 7) is 27.5. The van der Waals surface area contributed by atoms with E-state index in [1.807, 2.05) is 7.11 Å². The van der Waals surface area contributed by atoms with E-state index in [2.05, 4.69) is 83.3 Å². The summed E-state index contributed by atoms with van der Waals surface area (Å²) in [6, 6.07) is 0. The molecule has 6 aliphatic rings. The molecule has 0 aromatic rings. The first-order valence-corrected chi connectivity index (χ1v) is 19.1. The minimum atomic E-state index is -0.557. The van der Waals surface area contributed by atoms with E-state index in [-0.39, 0.29) is 33.4 Å². The van der Waals surface area contributed by atoms with E-state index in [0.717, 1.165) is 83.4 Å². The number of hydrogen-bond acceptors (Lipinski definition) is 5. The summed E-state index contributed by atoms with van der Waals surface area (Å²) in [5, 5.41) is 3.25. The van der Waals surface area contributed by atoms with E-state index >= 15 is 0 Å². The number of rotatable bonds is 7. The highest BCUT2D eigenvalue weighted by atomic mass is 16.5. The van der Waals surface area contributed by atoms with Crippen LogP contribution in [0.3, 0.4) is 0 Å². The van der Waals surface area contributed by atoms with Crippen LogP contribution >= 0.6 is 0 Å². The molecule has 1 saturated heterocycles. The Kier molecular flexibility index (Phi) is 8.97. The van der Waals surface area contributed by atoms with Crippen molar-refractivity contribution < 1.29 is 14.3 Å². The number of likely N-dealkylation sites (N-methyl/N-ethyl adjacent to an activating group) is 1. The fourth-order valence-corrected chi connectivity index (χ4v) is 12.9. The molecule has 5 aliphatic carbocycles. The van der Waals surface area contributed by atoms with E-state index in [1.54, 1.807) is 5.57 Å². The Balaban J connectivity index is 1.25. The van der Waals surface area contributed by atoms with Crippen LogP contribution in [0.4, 0.5) is 0 Å².